The van der Waals surface area contributed by atoms with E-state index in [1.54, 1.807) is 0 Å². The van der Waals surface area contributed by atoms with E-state index in [4.69, 9.17) is 9.63 Å². The number of aryl methyl sites for hydroxylation is 2. The van der Waals surface area contributed by atoms with Crippen LogP contribution in [0.25, 0.3) is 0 Å². The number of carbonyl (C=O) groups excluding carboxylic acids is 1. The molecule has 0 bridgehead atoms. The Morgan fingerprint density at radius 3 is 2.63 bits per heavy atom. The maximum absolute atomic E-state index is 11.8. The summed E-state index contributed by atoms with van der Waals surface area (Å²) < 4.78 is 5.07. The maximum Gasteiger partial charge on any atom is 0.307 e. The minimum Gasteiger partial charge on any atom is -0.481 e. The van der Waals surface area contributed by atoms with Crippen LogP contribution in [0.2, 0.25) is 0 Å². The fraction of sp³-hybridized carbons (Fsp3) is 0.615. The number of carbonyl (C=O) groups is 2. The molecule has 3 unspecified atom stereocenters. The topological polar surface area (TPSA) is 92.4 Å². The third-order valence-electron chi connectivity index (χ3n) is 3.52. The van der Waals surface area contributed by atoms with Gasteiger partial charge in [-0.1, -0.05) is 5.16 Å². The molecule has 1 amide bonds. The van der Waals surface area contributed by atoms with Gasteiger partial charge in [0.2, 0.25) is 5.91 Å². The molecule has 3 atom stereocenters. The van der Waals surface area contributed by atoms with Gasteiger partial charge >= 0.3 is 5.97 Å². The van der Waals surface area contributed by atoms with Crippen LogP contribution >= 0.6 is 0 Å². The SMILES string of the molecule is Cc1noc(C)c1CC(C)NC(=O)C1CC1C(=O)O. The van der Waals surface area contributed by atoms with Crippen molar-refractivity contribution in [3.05, 3.63) is 17.0 Å². The Morgan fingerprint density at radius 2 is 2.16 bits per heavy atom. The molecule has 0 aromatic carbocycles. The van der Waals surface area contributed by atoms with Crippen molar-refractivity contribution in [3.8, 4) is 0 Å². The summed E-state index contributed by atoms with van der Waals surface area (Å²) in [5.41, 5.74) is 1.83. The van der Waals surface area contributed by atoms with E-state index in [1.165, 1.54) is 0 Å². The van der Waals surface area contributed by atoms with Crippen molar-refractivity contribution in [3.63, 3.8) is 0 Å². The Bertz CT molecular complexity index is 489. The zero-order valence-electron chi connectivity index (χ0n) is 11.3. The van der Waals surface area contributed by atoms with E-state index in [-0.39, 0.29) is 17.9 Å². The van der Waals surface area contributed by atoms with E-state index < -0.39 is 11.9 Å². The molecule has 0 radical (unpaired) electrons. The average molecular weight is 266 g/mol. The molecule has 2 N–H and O–H groups in total. The third-order valence-corrected chi connectivity index (χ3v) is 3.52. The number of nitrogens with zero attached hydrogens (tertiary/aromatic N) is 1. The highest BCUT2D eigenvalue weighted by atomic mass is 16.5. The number of amides is 1. The van der Waals surface area contributed by atoms with Crippen LogP contribution in [0, 0.1) is 25.7 Å². The largest absolute Gasteiger partial charge is 0.481 e. The van der Waals surface area contributed by atoms with Crippen LogP contribution in [0.15, 0.2) is 4.52 Å². The van der Waals surface area contributed by atoms with E-state index in [0.717, 1.165) is 17.0 Å². The van der Waals surface area contributed by atoms with Gasteiger partial charge in [-0.25, -0.2) is 0 Å². The molecule has 2 rings (SSSR count). The summed E-state index contributed by atoms with van der Waals surface area (Å²) in [6, 6.07) is -0.0701. The molecule has 104 valence electrons. The molecule has 1 saturated carbocycles. The van der Waals surface area contributed by atoms with Crippen molar-refractivity contribution in [2.24, 2.45) is 11.8 Å². The Hall–Kier alpha value is -1.85. The zero-order valence-corrected chi connectivity index (χ0v) is 11.3. The molecule has 6 nitrogen and oxygen atoms in total. The van der Waals surface area contributed by atoms with E-state index in [1.807, 2.05) is 20.8 Å². The summed E-state index contributed by atoms with van der Waals surface area (Å²) in [5, 5.41) is 15.5. The molecule has 1 heterocycles. The van der Waals surface area contributed by atoms with E-state index in [2.05, 4.69) is 10.5 Å². The smallest absolute Gasteiger partial charge is 0.307 e. The second-order valence-electron chi connectivity index (χ2n) is 5.20. The third kappa shape index (κ3) is 2.94. The summed E-state index contributed by atoms with van der Waals surface area (Å²) in [7, 11) is 0. The van der Waals surface area contributed by atoms with Crippen LogP contribution in [0.4, 0.5) is 0 Å². The fourth-order valence-corrected chi connectivity index (χ4v) is 2.26. The van der Waals surface area contributed by atoms with Crippen LogP contribution in [-0.4, -0.2) is 28.2 Å². The van der Waals surface area contributed by atoms with Gasteiger partial charge in [-0.3, -0.25) is 9.59 Å². The Labute approximate surface area is 111 Å². The molecule has 0 spiro atoms. The molecule has 1 aromatic rings. The van der Waals surface area contributed by atoms with Gasteiger partial charge in [0.05, 0.1) is 17.5 Å². The molecular formula is C13H18N2O4. The number of aromatic nitrogens is 1. The van der Waals surface area contributed by atoms with Gasteiger partial charge < -0.3 is 14.9 Å². The molecule has 1 fully saturated rings. The minimum absolute atomic E-state index is 0.0701. The lowest BCUT2D eigenvalue weighted by Gasteiger charge is -2.13. The fourth-order valence-electron chi connectivity index (χ4n) is 2.26. The van der Waals surface area contributed by atoms with Crippen molar-refractivity contribution >= 4 is 11.9 Å². The van der Waals surface area contributed by atoms with E-state index in [9.17, 15) is 9.59 Å². The average Bonchev–Trinajstić information content (AvgIpc) is 3.07. The van der Waals surface area contributed by atoms with Gasteiger partial charge in [-0.05, 0) is 33.6 Å². The number of carboxylic acids is 1. The molecule has 1 aliphatic carbocycles. The summed E-state index contributed by atoms with van der Waals surface area (Å²) in [5.74, 6) is -1.19. The summed E-state index contributed by atoms with van der Waals surface area (Å²) in [6.45, 7) is 5.59. The monoisotopic (exact) mass is 266 g/mol. The summed E-state index contributed by atoms with van der Waals surface area (Å²) >= 11 is 0. The van der Waals surface area contributed by atoms with E-state index >= 15 is 0 Å². The quantitative estimate of drug-likeness (QED) is 0.831. The highest BCUT2D eigenvalue weighted by Crippen LogP contribution is 2.38. The van der Waals surface area contributed by atoms with Crippen molar-refractivity contribution in [1.29, 1.82) is 0 Å². The van der Waals surface area contributed by atoms with Crippen molar-refractivity contribution in [2.75, 3.05) is 0 Å². The molecule has 19 heavy (non-hydrogen) atoms. The first-order valence-electron chi connectivity index (χ1n) is 6.35. The molecule has 1 aliphatic rings. The zero-order chi connectivity index (χ0) is 14.2. The van der Waals surface area contributed by atoms with Gasteiger partial charge in [0.1, 0.15) is 5.76 Å². The summed E-state index contributed by atoms with van der Waals surface area (Å²) in [4.78, 5) is 22.5. The first-order chi connectivity index (χ1) is 8.90. The van der Waals surface area contributed by atoms with Crippen LogP contribution in [-0.2, 0) is 16.0 Å². The highest BCUT2D eigenvalue weighted by Gasteiger charge is 2.48. The van der Waals surface area contributed by atoms with Crippen molar-refractivity contribution in [2.45, 2.75) is 39.7 Å². The number of hydrogen-bond donors (Lipinski definition) is 2. The van der Waals surface area contributed by atoms with Crippen LogP contribution < -0.4 is 5.32 Å². The predicted octanol–water partition coefficient (Wildman–Crippen LogP) is 1.06. The van der Waals surface area contributed by atoms with Crippen molar-refractivity contribution in [1.82, 2.24) is 10.5 Å². The van der Waals surface area contributed by atoms with Gasteiger partial charge in [0.25, 0.3) is 0 Å². The number of rotatable bonds is 5. The standard InChI is InChI=1S/C13H18N2O4/c1-6(4-9-7(2)15-19-8(9)3)14-12(16)10-5-11(10)13(17)18/h6,10-11H,4-5H2,1-3H3,(H,14,16)(H,17,18). The first kappa shape index (κ1) is 13.6. The number of aliphatic carboxylic acids is 1. The van der Waals surface area contributed by atoms with Crippen LogP contribution in [0.3, 0.4) is 0 Å². The number of carboxylic acid groups (broad SMARTS) is 1. The van der Waals surface area contributed by atoms with Gasteiger partial charge in [-0.2, -0.15) is 0 Å². The van der Waals surface area contributed by atoms with Crippen molar-refractivity contribution < 1.29 is 19.2 Å². The lowest BCUT2D eigenvalue weighted by atomic mass is 10.1. The minimum atomic E-state index is -0.890. The van der Waals surface area contributed by atoms with Crippen LogP contribution in [0.5, 0.6) is 0 Å². The van der Waals surface area contributed by atoms with Crippen LogP contribution in [0.1, 0.15) is 30.4 Å². The molecule has 6 heteroatoms. The molecule has 0 aliphatic heterocycles. The lowest BCUT2D eigenvalue weighted by molar-refractivity contribution is -0.140. The number of nitrogens with one attached hydrogen (secondary N) is 1. The molecule has 1 aromatic heterocycles. The predicted molar refractivity (Wildman–Crippen MR) is 66.5 cm³/mol. The second-order valence-corrected chi connectivity index (χ2v) is 5.20. The molecular weight excluding hydrogens is 248 g/mol. The van der Waals surface area contributed by atoms with Gasteiger partial charge in [0.15, 0.2) is 0 Å². The normalized spacial score (nSPS) is 22.9. The lowest BCUT2D eigenvalue weighted by Crippen LogP contribution is -2.36. The second kappa shape index (κ2) is 5.03. The van der Waals surface area contributed by atoms with E-state index in [0.29, 0.717) is 12.8 Å². The highest BCUT2D eigenvalue weighted by molar-refractivity contribution is 5.89. The number of hydrogen-bond acceptors (Lipinski definition) is 4. The Morgan fingerprint density at radius 1 is 1.47 bits per heavy atom. The molecule has 0 saturated heterocycles. The maximum atomic E-state index is 11.8. The van der Waals surface area contributed by atoms with Gasteiger partial charge in [0, 0.05) is 11.6 Å². The summed E-state index contributed by atoms with van der Waals surface area (Å²) in [6.07, 6.45) is 1.08. The van der Waals surface area contributed by atoms with Gasteiger partial charge in [-0.15, -0.1) is 0 Å². The Balaban J connectivity index is 1.87. The first-order valence-corrected chi connectivity index (χ1v) is 6.35. The Kier molecular flexibility index (Phi) is 3.59.